The highest BCUT2D eigenvalue weighted by Gasteiger charge is 2.41. The van der Waals surface area contributed by atoms with Crippen molar-refractivity contribution in [3.63, 3.8) is 0 Å². The standard InChI is InChI=1S/C18H27FN2O2/c1-4-5-6-11-20-17(22)21-16(12-23-13-18(21,2)3)14-7-9-15(19)10-8-14/h7-10,16H,4-6,11-13H2,1-3H3,(H,20,22)/t16-/m0/s1. The van der Waals surface area contributed by atoms with Crippen molar-refractivity contribution >= 4 is 6.03 Å². The molecule has 0 saturated carbocycles. The van der Waals surface area contributed by atoms with Crippen molar-refractivity contribution in [2.45, 2.75) is 51.6 Å². The van der Waals surface area contributed by atoms with Crippen LogP contribution in [-0.2, 0) is 4.74 Å². The molecule has 0 radical (unpaired) electrons. The van der Waals surface area contributed by atoms with Crippen molar-refractivity contribution in [3.05, 3.63) is 35.6 Å². The van der Waals surface area contributed by atoms with Gasteiger partial charge in [-0.1, -0.05) is 31.9 Å². The topological polar surface area (TPSA) is 41.6 Å². The summed E-state index contributed by atoms with van der Waals surface area (Å²) in [6.45, 7) is 7.72. The van der Waals surface area contributed by atoms with E-state index in [2.05, 4.69) is 12.2 Å². The number of morpholine rings is 1. The molecule has 1 heterocycles. The normalized spacial score (nSPS) is 20.3. The summed E-state index contributed by atoms with van der Waals surface area (Å²) >= 11 is 0. The minimum Gasteiger partial charge on any atom is -0.377 e. The summed E-state index contributed by atoms with van der Waals surface area (Å²) in [7, 11) is 0. The third-order valence-corrected chi connectivity index (χ3v) is 4.22. The van der Waals surface area contributed by atoms with Gasteiger partial charge in [0.2, 0.25) is 0 Å². The first-order chi connectivity index (χ1) is 11.0. The van der Waals surface area contributed by atoms with Gasteiger partial charge in [0.15, 0.2) is 0 Å². The van der Waals surface area contributed by atoms with Gasteiger partial charge >= 0.3 is 6.03 Å². The molecule has 0 unspecified atom stereocenters. The summed E-state index contributed by atoms with van der Waals surface area (Å²) in [6, 6.07) is 6.02. The molecule has 0 aromatic heterocycles. The second-order valence-corrected chi connectivity index (χ2v) is 6.70. The van der Waals surface area contributed by atoms with E-state index in [1.165, 1.54) is 12.1 Å². The maximum Gasteiger partial charge on any atom is 0.318 e. The number of halogens is 1. The SMILES string of the molecule is CCCCCNC(=O)N1[C@H](c2ccc(F)cc2)COCC1(C)C. The minimum atomic E-state index is -0.411. The zero-order valence-electron chi connectivity index (χ0n) is 14.3. The Morgan fingerprint density at radius 2 is 2.04 bits per heavy atom. The van der Waals surface area contributed by atoms with Gasteiger partial charge in [0, 0.05) is 6.54 Å². The van der Waals surface area contributed by atoms with Crippen LogP contribution in [0.2, 0.25) is 0 Å². The van der Waals surface area contributed by atoms with Crippen molar-refractivity contribution in [2.75, 3.05) is 19.8 Å². The van der Waals surface area contributed by atoms with Crippen LogP contribution in [0.25, 0.3) is 0 Å². The lowest BCUT2D eigenvalue weighted by Crippen LogP contribution is -2.59. The average Bonchev–Trinajstić information content (AvgIpc) is 2.51. The zero-order chi connectivity index (χ0) is 16.9. The van der Waals surface area contributed by atoms with Crippen LogP contribution in [0, 0.1) is 5.82 Å². The lowest BCUT2D eigenvalue weighted by Gasteiger charge is -2.47. The molecule has 1 aromatic rings. The number of unbranched alkanes of at least 4 members (excludes halogenated alkanes) is 2. The van der Waals surface area contributed by atoms with Crippen LogP contribution < -0.4 is 5.32 Å². The molecule has 128 valence electrons. The van der Waals surface area contributed by atoms with Gasteiger partial charge < -0.3 is 15.0 Å². The molecule has 23 heavy (non-hydrogen) atoms. The van der Waals surface area contributed by atoms with Gasteiger partial charge in [0.05, 0.1) is 24.8 Å². The molecule has 2 amide bonds. The predicted molar refractivity (Wildman–Crippen MR) is 88.8 cm³/mol. The molecule has 1 aliphatic rings. The number of ether oxygens (including phenoxy) is 1. The van der Waals surface area contributed by atoms with E-state index in [0.29, 0.717) is 19.8 Å². The molecule has 0 spiro atoms. The lowest BCUT2D eigenvalue weighted by atomic mass is 9.95. The summed E-state index contributed by atoms with van der Waals surface area (Å²) < 4.78 is 18.9. The number of nitrogens with one attached hydrogen (secondary N) is 1. The van der Waals surface area contributed by atoms with E-state index in [1.54, 1.807) is 12.1 Å². The second-order valence-electron chi connectivity index (χ2n) is 6.70. The van der Waals surface area contributed by atoms with Gasteiger partial charge in [-0.3, -0.25) is 0 Å². The fraction of sp³-hybridized carbons (Fsp3) is 0.611. The number of hydrogen-bond donors (Lipinski definition) is 1. The number of carbonyl (C=O) groups excluding carboxylic acids is 1. The Morgan fingerprint density at radius 3 is 2.70 bits per heavy atom. The molecule has 4 nitrogen and oxygen atoms in total. The monoisotopic (exact) mass is 322 g/mol. The van der Waals surface area contributed by atoms with Crippen molar-refractivity contribution < 1.29 is 13.9 Å². The van der Waals surface area contributed by atoms with Crippen molar-refractivity contribution in [2.24, 2.45) is 0 Å². The van der Waals surface area contributed by atoms with Gasteiger partial charge in [-0.15, -0.1) is 0 Å². The van der Waals surface area contributed by atoms with E-state index in [4.69, 9.17) is 4.74 Å². The fourth-order valence-electron chi connectivity index (χ4n) is 2.99. The third-order valence-electron chi connectivity index (χ3n) is 4.22. The second kappa shape index (κ2) is 7.77. The maximum absolute atomic E-state index is 13.2. The molecule has 1 N–H and O–H groups in total. The van der Waals surface area contributed by atoms with Gasteiger partial charge in [-0.2, -0.15) is 0 Å². The third kappa shape index (κ3) is 4.44. The van der Waals surface area contributed by atoms with Crippen LogP contribution in [0.3, 0.4) is 0 Å². The number of hydrogen-bond acceptors (Lipinski definition) is 2. The number of rotatable bonds is 5. The molecule has 0 bridgehead atoms. The van der Waals surface area contributed by atoms with Crippen LogP contribution in [0.4, 0.5) is 9.18 Å². The maximum atomic E-state index is 13.2. The first-order valence-electron chi connectivity index (χ1n) is 8.36. The number of nitrogens with zero attached hydrogens (tertiary/aromatic N) is 1. The van der Waals surface area contributed by atoms with E-state index >= 15 is 0 Å². The summed E-state index contributed by atoms with van der Waals surface area (Å²) in [5.41, 5.74) is 0.481. The lowest BCUT2D eigenvalue weighted by molar-refractivity contribution is -0.0656. The van der Waals surface area contributed by atoms with Gasteiger partial charge in [-0.05, 0) is 38.0 Å². The summed E-state index contributed by atoms with van der Waals surface area (Å²) in [5.74, 6) is -0.277. The fourth-order valence-corrected chi connectivity index (χ4v) is 2.99. The van der Waals surface area contributed by atoms with E-state index in [9.17, 15) is 9.18 Å². The van der Waals surface area contributed by atoms with E-state index in [0.717, 1.165) is 24.8 Å². The number of carbonyl (C=O) groups is 1. The van der Waals surface area contributed by atoms with Gasteiger partial charge in [0.25, 0.3) is 0 Å². The minimum absolute atomic E-state index is 0.0799. The predicted octanol–water partition coefficient (Wildman–Crippen LogP) is 3.88. The molecule has 1 atom stereocenters. The first kappa shape index (κ1) is 17.7. The molecule has 1 aromatic carbocycles. The Hall–Kier alpha value is -1.62. The summed E-state index contributed by atoms with van der Waals surface area (Å²) in [6.07, 6.45) is 3.21. The molecular weight excluding hydrogens is 295 g/mol. The van der Waals surface area contributed by atoms with Gasteiger partial charge in [0.1, 0.15) is 5.82 Å². The Bertz CT molecular complexity index is 516. The number of urea groups is 1. The molecule has 1 saturated heterocycles. The highest BCUT2D eigenvalue weighted by Crippen LogP contribution is 2.33. The van der Waals surface area contributed by atoms with Crippen molar-refractivity contribution in [3.8, 4) is 0 Å². The summed E-state index contributed by atoms with van der Waals surface area (Å²) in [5, 5.41) is 3.01. The molecule has 0 aliphatic carbocycles. The molecular formula is C18H27FN2O2. The number of amides is 2. The molecule has 1 aliphatic heterocycles. The van der Waals surface area contributed by atoms with Crippen LogP contribution in [0.5, 0.6) is 0 Å². The Kier molecular flexibility index (Phi) is 5.99. The summed E-state index contributed by atoms with van der Waals surface area (Å²) in [4.78, 5) is 14.6. The van der Waals surface area contributed by atoms with E-state index < -0.39 is 5.54 Å². The Balaban J connectivity index is 2.14. The highest BCUT2D eigenvalue weighted by atomic mass is 19.1. The molecule has 1 fully saturated rings. The van der Waals surface area contributed by atoms with Gasteiger partial charge in [-0.25, -0.2) is 9.18 Å². The van der Waals surface area contributed by atoms with Crippen molar-refractivity contribution in [1.29, 1.82) is 0 Å². The van der Waals surface area contributed by atoms with E-state index in [1.807, 2.05) is 18.7 Å². The van der Waals surface area contributed by atoms with Crippen LogP contribution in [-0.4, -0.2) is 36.2 Å². The smallest absolute Gasteiger partial charge is 0.318 e. The Labute approximate surface area is 138 Å². The largest absolute Gasteiger partial charge is 0.377 e. The quantitative estimate of drug-likeness (QED) is 0.836. The average molecular weight is 322 g/mol. The van der Waals surface area contributed by atoms with Crippen LogP contribution in [0.1, 0.15) is 51.6 Å². The molecule has 2 rings (SSSR count). The van der Waals surface area contributed by atoms with Crippen LogP contribution in [0.15, 0.2) is 24.3 Å². The first-order valence-corrected chi connectivity index (χ1v) is 8.36. The Morgan fingerprint density at radius 1 is 1.35 bits per heavy atom. The van der Waals surface area contributed by atoms with E-state index in [-0.39, 0.29) is 17.9 Å². The highest BCUT2D eigenvalue weighted by molar-refractivity contribution is 5.75. The zero-order valence-corrected chi connectivity index (χ0v) is 14.3. The van der Waals surface area contributed by atoms with Crippen LogP contribution >= 0.6 is 0 Å². The molecule has 5 heteroatoms. The van der Waals surface area contributed by atoms with Crippen molar-refractivity contribution in [1.82, 2.24) is 10.2 Å². The number of benzene rings is 1.